The van der Waals surface area contributed by atoms with E-state index >= 15 is 0 Å². The Morgan fingerprint density at radius 1 is 1.47 bits per heavy atom. The number of halogens is 1. The predicted molar refractivity (Wildman–Crippen MR) is 62.0 cm³/mol. The molecule has 0 unspecified atom stereocenters. The molecule has 2 nitrogen and oxygen atoms in total. The Morgan fingerprint density at radius 2 is 2.20 bits per heavy atom. The SMILES string of the molecule is C=CCC(=O)Oc1cc(Cl)ccc1C=C. The van der Waals surface area contributed by atoms with Gasteiger partial charge in [0.2, 0.25) is 0 Å². The molecule has 0 amide bonds. The third-order valence-corrected chi connectivity index (χ3v) is 1.97. The summed E-state index contributed by atoms with van der Waals surface area (Å²) in [6.45, 7) is 7.08. The molecule has 3 heteroatoms. The van der Waals surface area contributed by atoms with Crippen LogP contribution in [0.4, 0.5) is 0 Å². The largest absolute Gasteiger partial charge is 0.426 e. The highest BCUT2D eigenvalue weighted by Gasteiger charge is 2.06. The monoisotopic (exact) mass is 222 g/mol. The van der Waals surface area contributed by atoms with E-state index in [1.165, 1.54) is 6.08 Å². The molecule has 0 saturated carbocycles. The van der Waals surface area contributed by atoms with E-state index < -0.39 is 0 Å². The van der Waals surface area contributed by atoms with Crippen LogP contribution in [-0.4, -0.2) is 5.97 Å². The number of hydrogen-bond donors (Lipinski definition) is 0. The van der Waals surface area contributed by atoms with E-state index in [4.69, 9.17) is 16.3 Å². The molecule has 0 spiro atoms. The van der Waals surface area contributed by atoms with Gasteiger partial charge in [0.05, 0.1) is 6.42 Å². The standard InChI is InChI=1S/C12H11ClO2/c1-3-5-12(14)15-11-8-10(13)7-6-9(11)4-2/h3-4,6-8H,1-2,5H2. The van der Waals surface area contributed by atoms with Crippen LogP contribution >= 0.6 is 11.6 Å². The van der Waals surface area contributed by atoms with Crippen LogP contribution in [0.5, 0.6) is 5.75 Å². The number of hydrogen-bond acceptors (Lipinski definition) is 2. The van der Waals surface area contributed by atoms with Crippen LogP contribution in [0, 0.1) is 0 Å². The van der Waals surface area contributed by atoms with E-state index in [0.717, 1.165) is 5.56 Å². The van der Waals surface area contributed by atoms with Crippen LogP contribution in [0.2, 0.25) is 5.02 Å². The van der Waals surface area contributed by atoms with Crippen molar-refractivity contribution in [3.8, 4) is 5.75 Å². The number of ether oxygens (including phenoxy) is 1. The van der Waals surface area contributed by atoms with E-state index in [2.05, 4.69) is 13.2 Å². The van der Waals surface area contributed by atoms with Gasteiger partial charge < -0.3 is 4.74 Å². The number of benzene rings is 1. The Labute approximate surface area is 93.8 Å². The molecule has 1 aromatic rings. The van der Waals surface area contributed by atoms with Crippen molar-refractivity contribution in [2.45, 2.75) is 6.42 Å². The maximum atomic E-state index is 11.2. The minimum atomic E-state index is -0.365. The Balaban J connectivity index is 2.91. The first-order valence-electron chi connectivity index (χ1n) is 4.41. The van der Waals surface area contributed by atoms with E-state index in [1.807, 2.05) is 0 Å². The lowest BCUT2D eigenvalue weighted by molar-refractivity contribution is -0.133. The second-order valence-corrected chi connectivity index (χ2v) is 3.29. The maximum Gasteiger partial charge on any atom is 0.315 e. The molecule has 0 aliphatic carbocycles. The number of carbonyl (C=O) groups excluding carboxylic acids is 1. The molecular weight excluding hydrogens is 212 g/mol. The third kappa shape index (κ3) is 3.26. The summed E-state index contributed by atoms with van der Waals surface area (Å²) in [5, 5.41) is 0.516. The molecule has 78 valence electrons. The van der Waals surface area contributed by atoms with Crippen LogP contribution in [0.25, 0.3) is 6.08 Å². The zero-order valence-electron chi connectivity index (χ0n) is 8.20. The summed E-state index contributed by atoms with van der Waals surface area (Å²) in [5.74, 6) is 0.0553. The van der Waals surface area contributed by atoms with E-state index in [9.17, 15) is 4.79 Å². The van der Waals surface area contributed by atoms with Gasteiger partial charge in [0, 0.05) is 16.7 Å². The van der Waals surface area contributed by atoms with Gasteiger partial charge in [-0.2, -0.15) is 0 Å². The summed E-state index contributed by atoms with van der Waals surface area (Å²) in [7, 11) is 0. The van der Waals surface area contributed by atoms with Crippen molar-refractivity contribution in [2.75, 3.05) is 0 Å². The van der Waals surface area contributed by atoms with Gasteiger partial charge in [-0.05, 0) is 12.1 Å². The van der Waals surface area contributed by atoms with Gasteiger partial charge in [-0.25, -0.2) is 0 Å². The van der Waals surface area contributed by atoms with Crippen molar-refractivity contribution < 1.29 is 9.53 Å². The lowest BCUT2D eigenvalue weighted by Gasteiger charge is -2.06. The van der Waals surface area contributed by atoms with Crippen molar-refractivity contribution >= 4 is 23.6 Å². The third-order valence-electron chi connectivity index (χ3n) is 1.73. The van der Waals surface area contributed by atoms with E-state index in [-0.39, 0.29) is 12.4 Å². The summed E-state index contributed by atoms with van der Waals surface area (Å²) in [5.41, 5.74) is 0.733. The molecule has 0 saturated heterocycles. The summed E-state index contributed by atoms with van der Waals surface area (Å²) in [4.78, 5) is 11.2. The lowest BCUT2D eigenvalue weighted by Crippen LogP contribution is -2.06. The van der Waals surface area contributed by atoms with Crippen molar-refractivity contribution in [2.24, 2.45) is 0 Å². The van der Waals surface area contributed by atoms with Crippen molar-refractivity contribution in [1.29, 1.82) is 0 Å². The molecule has 1 rings (SSSR count). The molecule has 1 aromatic carbocycles. The normalized spacial score (nSPS) is 9.40. The highest BCUT2D eigenvalue weighted by atomic mass is 35.5. The Kier molecular flexibility index (Phi) is 4.13. The minimum absolute atomic E-state index is 0.170. The molecule has 0 aromatic heterocycles. The molecule has 0 N–H and O–H groups in total. The fraction of sp³-hybridized carbons (Fsp3) is 0.0833. The first-order chi connectivity index (χ1) is 7.17. The highest BCUT2D eigenvalue weighted by molar-refractivity contribution is 6.30. The number of carbonyl (C=O) groups is 1. The molecule has 0 atom stereocenters. The smallest absolute Gasteiger partial charge is 0.315 e. The second kappa shape index (κ2) is 5.37. The fourth-order valence-electron chi connectivity index (χ4n) is 1.05. The zero-order chi connectivity index (χ0) is 11.3. The molecule has 0 radical (unpaired) electrons. The summed E-state index contributed by atoms with van der Waals surface area (Å²) in [6.07, 6.45) is 3.26. The topological polar surface area (TPSA) is 26.3 Å². The summed E-state index contributed by atoms with van der Waals surface area (Å²) in [6, 6.07) is 5.04. The molecule has 0 fully saturated rings. The summed E-state index contributed by atoms with van der Waals surface area (Å²) >= 11 is 5.79. The van der Waals surface area contributed by atoms with Crippen LogP contribution < -0.4 is 4.74 Å². The van der Waals surface area contributed by atoms with Gasteiger partial charge in [0.15, 0.2) is 0 Å². The maximum absolute atomic E-state index is 11.2. The van der Waals surface area contributed by atoms with Gasteiger partial charge >= 0.3 is 5.97 Å². The first kappa shape index (κ1) is 11.5. The molecule has 0 heterocycles. The van der Waals surface area contributed by atoms with E-state index in [0.29, 0.717) is 10.8 Å². The summed E-state index contributed by atoms with van der Waals surface area (Å²) < 4.78 is 5.09. The van der Waals surface area contributed by atoms with Gasteiger partial charge in [0.25, 0.3) is 0 Å². The van der Waals surface area contributed by atoms with Crippen molar-refractivity contribution in [1.82, 2.24) is 0 Å². The Morgan fingerprint density at radius 3 is 2.80 bits per heavy atom. The first-order valence-corrected chi connectivity index (χ1v) is 4.78. The van der Waals surface area contributed by atoms with E-state index in [1.54, 1.807) is 24.3 Å². The minimum Gasteiger partial charge on any atom is -0.426 e. The van der Waals surface area contributed by atoms with Crippen LogP contribution in [0.15, 0.2) is 37.4 Å². The highest BCUT2D eigenvalue weighted by Crippen LogP contribution is 2.24. The average Bonchev–Trinajstić information content (AvgIpc) is 2.18. The van der Waals surface area contributed by atoms with Gasteiger partial charge in [-0.15, -0.1) is 6.58 Å². The van der Waals surface area contributed by atoms with Crippen molar-refractivity contribution in [3.05, 3.63) is 48.0 Å². The molecule has 15 heavy (non-hydrogen) atoms. The van der Waals surface area contributed by atoms with Crippen LogP contribution in [-0.2, 0) is 4.79 Å². The second-order valence-electron chi connectivity index (χ2n) is 2.85. The van der Waals surface area contributed by atoms with Crippen LogP contribution in [0.3, 0.4) is 0 Å². The quantitative estimate of drug-likeness (QED) is 0.443. The fourth-order valence-corrected chi connectivity index (χ4v) is 1.21. The van der Waals surface area contributed by atoms with Gasteiger partial charge in [0.1, 0.15) is 5.75 Å². The Hall–Kier alpha value is -1.54. The molecule has 0 bridgehead atoms. The zero-order valence-corrected chi connectivity index (χ0v) is 8.96. The molecular formula is C12H11ClO2. The lowest BCUT2D eigenvalue weighted by atomic mass is 10.2. The van der Waals surface area contributed by atoms with Gasteiger partial charge in [-0.3, -0.25) is 4.79 Å². The van der Waals surface area contributed by atoms with Crippen LogP contribution in [0.1, 0.15) is 12.0 Å². The Bertz CT molecular complexity index is 397. The number of esters is 1. The van der Waals surface area contributed by atoms with Crippen molar-refractivity contribution in [3.63, 3.8) is 0 Å². The molecule has 0 aliphatic heterocycles. The molecule has 0 aliphatic rings. The van der Waals surface area contributed by atoms with Gasteiger partial charge in [-0.1, -0.05) is 30.3 Å². The predicted octanol–water partition coefficient (Wildman–Crippen LogP) is 3.46. The number of rotatable bonds is 4. The average molecular weight is 223 g/mol.